The number of thiophene rings is 1. The third-order valence-corrected chi connectivity index (χ3v) is 6.36. The van der Waals surface area contributed by atoms with E-state index in [1.165, 1.54) is 29.5 Å². The lowest BCUT2D eigenvalue weighted by molar-refractivity contribution is 0.559. The predicted molar refractivity (Wildman–Crippen MR) is 154 cm³/mol. The van der Waals surface area contributed by atoms with Crippen molar-refractivity contribution in [3.63, 3.8) is 0 Å². The quantitative estimate of drug-likeness (QED) is 0.217. The van der Waals surface area contributed by atoms with Gasteiger partial charge in [0.05, 0.1) is 4.90 Å². The molecule has 0 amide bonds. The Labute approximate surface area is 225 Å². The van der Waals surface area contributed by atoms with E-state index >= 15 is 0 Å². The summed E-state index contributed by atoms with van der Waals surface area (Å²) in [6.45, 7) is 5.87. The second-order valence-corrected chi connectivity index (χ2v) is 9.92. The van der Waals surface area contributed by atoms with Crippen molar-refractivity contribution in [1.82, 2.24) is 0 Å². The van der Waals surface area contributed by atoms with E-state index in [1.54, 1.807) is 30.3 Å². The second-order valence-electron chi connectivity index (χ2n) is 6.64. The number of primary sulfonamides is 1. The van der Waals surface area contributed by atoms with Gasteiger partial charge < -0.3 is 27.2 Å². The van der Waals surface area contributed by atoms with Crippen molar-refractivity contribution in [3.05, 3.63) is 77.3 Å². The third kappa shape index (κ3) is 10.8. The third-order valence-electron chi connectivity index (χ3n) is 4.20. The van der Waals surface area contributed by atoms with Crippen molar-refractivity contribution in [3.8, 4) is 22.3 Å². The second kappa shape index (κ2) is 15.9. The van der Waals surface area contributed by atoms with Crippen LogP contribution >= 0.6 is 35.8 Å². The summed E-state index contributed by atoms with van der Waals surface area (Å²) in [5.74, 6) is -0.260. The summed E-state index contributed by atoms with van der Waals surface area (Å²) in [5.41, 5.74) is 11.8. The van der Waals surface area contributed by atoms with Gasteiger partial charge in [-0.1, -0.05) is 50.8 Å². The zero-order valence-corrected chi connectivity index (χ0v) is 21.8. The number of halogens is 1. The molecule has 10 N–H and O–H groups in total. The monoisotopic (exact) mass is 575 g/mol. The van der Waals surface area contributed by atoms with E-state index in [9.17, 15) is 12.8 Å². The lowest BCUT2D eigenvalue weighted by atomic mass is 9.93. The first kappa shape index (κ1) is 35.2. The van der Waals surface area contributed by atoms with Crippen molar-refractivity contribution in [2.24, 2.45) is 16.6 Å². The number of aliphatic hydroxyl groups is 2. The molecule has 1 aromatic heterocycles. The average Bonchev–Trinajstić information content (AvgIpc) is 3.17. The smallest absolute Gasteiger partial charge is 0.251 e. The zero-order valence-electron chi connectivity index (χ0n) is 18.5. The molecule has 198 valence electrons. The minimum Gasteiger partial charge on any atom is -0.487 e. The topological polar surface area (TPSA) is 184 Å². The van der Waals surface area contributed by atoms with Crippen molar-refractivity contribution < 1.29 is 28.5 Å². The van der Waals surface area contributed by atoms with Gasteiger partial charge in [0.15, 0.2) is 0 Å². The molecule has 8 nitrogen and oxygen atoms in total. The van der Waals surface area contributed by atoms with E-state index in [-0.39, 0.29) is 29.5 Å². The lowest BCUT2D eigenvalue weighted by Gasteiger charge is -2.13. The van der Waals surface area contributed by atoms with Crippen LogP contribution in [-0.4, -0.2) is 34.5 Å². The molecule has 1 atom stereocenters. The summed E-state index contributed by atoms with van der Waals surface area (Å²) in [6.07, 6.45) is 1.83. The number of thiocarbonyl (C=S) groups is 2. The molecule has 0 saturated carbocycles. The molecule has 0 bridgehead atoms. The predicted octanol–water partition coefficient (Wildman–Crippen LogP) is 4.55. The Bertz CT molecular complexity index is 1240. The summed E-state index contributed by atoms with van der Waals surface area (Å²) in [7, 11) is -3.88. The van der Waals surface area contributed by atoms with Crippen LogP contribution in [0.25, 0.3) is 22.3 Å². The van der Waals surface area contributed by atoms with Gasteiger partial charge in [-0.25, -0.2) is 17.9 Å². The summed E-state index contributed by atoms with van der Waals surface area (Å²) < 4.78 is 37.5. The zero-order chi connectivity index (χ0) is 26.1. The number of hydrogen-bond acceptors (Lipinski definition) is 5. The molecule has 2 aromatic carbocycles. The molecule has 36 heavy (non-hydrogen) atoms. The number of hydrogen-bond donors (Lipinski definition) is 5. The molecule has 0 spiro atoms. The molecule has 0 fully saturated rings. The molecule has 0 saturated heterocycles. The maximum atomic E-state index is 13.4. The van der Waals surface area contributed by atoms with Gasteiger partial charge in [-0.15, -0.1) is 17.9 Å². The molecule has 1 heterocycles. The number of aliphatic hydroxyl groups excluding tert-OH is 2. The first-order valence-corrected chi connectivity index (χ1v) is 12.6. The van der Waals surface area contributed by atoms with Gasteiger partial charge in [0.1, 0.15) is 5.82 Å². The number of nitrogens with two attached hydrogens (primary N) is 3. The lowest BCUT2D eigenvalue weighted by Crippen LogP contribution is -2.13. The highest BCUT2D eigenvalue weighted by Crippen LogP contribution is 2.44. The summed E-state index contributed by atoms with van der Waals surface area (Å²) in [4.78, 5) is 1.10. The van der Waals surface area contributed by atoms with Crippen LogP contribution in [0.4, 0.5) is 4.39 Å². The molecule has 3 rings (SSSR count). The van der Waals surface area contributed by atoms with Crippen molar-refractivity contribution >= 4 is 56.1 Å². The van der Waals surface area contributed by atoms with Crippen molar-refractivity contribution in [1.29, 1.82) is 0 Å². The number of benzene rings is 2. The molecular weight excluding hydrogens is 546 g/mol. The van der Waals surface area contributed by atoms with E-state index < -0.39 is 20.4 Å². The van der Waals surface area contributed by atoms with E-state index in [0.717, 1.165) is 21.6 Å². The fraction of sp³-hybridized carbons (Fsp3) is 0.130. The first-order chi connectivity index (χ1) is 15.8. The fourth-order valence-corrected chi connectivity index (χ4v) is 4.76. The number of rotatable bonds is 5. The summed E-state index contributed by atoms with van der Waals surface area (Å²) in [6, 6.07) is 12.8. The Balaban J connectivity index is 0. The number of allylic oxidation sites excluding steroid dienone is 1. The Hall–Kier alpha value is -2.94. The highest BCUT2D eigenvalue weighted by Gasteiger charge is 2.22. The van der Waals surface area contributed by atoms with Gasteiger partial charge in [0.2, 0.25) is 10.0 Å². The van der Waals surface area contributed by atoms with Crippen LogP contribution < -0.4 is 16.6 Å². The standard InChI is InChI=1S/C20H18FNO2S2.2CH3NOS.CH4.H2O/c1-3-13(2)20-19(14-8-10-15(21)11-9-14)17(12-25-20)16-6-4-5-7-18(16)26(22,23)24;2*2-1(3)4;;/h3-13H,1H2,2H3,(H2,22,23,24);2*(H3,2,3,4);1H4;1H2. The van der Waals surface area contributed by atoms with Crippen LogP contribution in [0.5, 0.6) is 0 Å². The Morgan fingerprint density at radius 3 is 1.97 bits per heavy atom. The fourth-order valence-electron chi connectivity index (χ4n) is 2.86. The van der Waals surface area contributed by atoms with E-state index in [2.05, 4.69) is 42.5 Å². The molecule has 13 heteroatoms. The molecule has 1 unspecified atom stereocenters. The highest BCUT2D eigenvalue weighted by atomic mass is 32.2. The molecule has 0 aliphatic rings. The van der Waals surface area contributed by atoms with Crippen LogP contribution in [-0.2, 0) is 10.0 Å². The van der Waals surface area contributed by atoms with Crippen LogP contribution in [0.1, 0.15) is 25.1 Å². The maximum Gasteiger partial charge on any atom is 0.251 e. The van der Waals surface area contributed by atoms with Gasteiger partial charge in [-0.05, 0) is 53.6 Å². The Morgan fingerprint density at radius 1 is 1.06 bits per heavy atom. The van der Waals surface area contributed by atoms with Gasteiger partial charge in [0, 0.05) is 27.5 Å². The number of sulfonamides is 1. The molecule has 0 aliphatic carbocycles. The molecule has 0 aliphatic heterocycles. The van der Waals surface area contributed by atoms with Crippen LogP contribution in [0.3, 0.4) is 0 Å². The van der Waals surface area contributed by atoms with Gasteiger partial charge >= 0.3 is 0 Å². The Kier molecular flexibility index (Phi) is 15.6. The van der Waals surface area contributed by atoms with Crippen LogP contribution in [0.2, 0.25) is 0 Å². The average molecular weight is 576 g/mol. The maximum absolute atomic E-state index is 13.4. The molecular formula is C23H30FN3O5S4. The normalized spacial score (nSPS) is 10.5. The van der Waals surface area contributed by atoms with Gasteiger partial charge in [0.25, 0.3) is 10.3 Å². The van der Waals surface area contributed by atoms with Crippen molar-refractivity contribution in [2.45, 2.75) is 25.2 Å². The molecule has 0 radical (unpaired) electrons. The van der Waals surface area contributed by atoms with Crippen LogP contribution in [0.15, 0.2) is 71.5 Å². The van der Waals surface area contributed by atoms with Crippen molar-refractivity contribution in [2.75, 3.05) is 0 Å². The largest absolute Gasteiger partial charge is 0.487 e. The summed E-state index contributed by atoms with van der Waals surface area (Å²) in [5, 5.41) is 21.5. The minimum absolute atomic E-state index is 0. The summed E-state index contributed by atoms with van der Waals surface area (Å²) >= 11 is 9.26. The van der Waals surface area contributed by atoms with Crippen LogP contribution in [0, 0.1) is 5.82 Å². The highest BCUT2D eigenvalue weighted by molar-refractivity contribution is 7.89. The van der Waals surface area contributed by atoms with E-state index in [4.69, 9.17) is 15.4 Å². The van der Waals surface area contributed by atoms with E-state index in [0.29, 0.717) is 5.56 Å². The Morgan fingerprint density at radius 2 is 1.53 bits per heavy atom. The molecule has 3 aromatic rings. The first-order valence-electron chi connectivity index (χ1n) is 9.38. The van der Waals surface area contributed by atoms with E-state index in [1.807, 2.05) is 18.4 Å². The van der Waals surface area contributed by atoms with Gasteiger partial charge in [-0.2, -0.15) is 0 Å². The minimum atomic E-state index is -3.88. The van der Waals surface area contributed by atoms with Gasteiger partial charge in [-0.3, -0.25) is 0 Å². The SMILES string of the molecule is C.C=CC(C)c1scc(-c2ccccc2S(N)(=O)=O)c1-c1ccc(F)cc1.NC(O)=S.NC(O)=S.O.